The van der Waals surface area contributed by atoms with Gasteiger partial charge in [-0.3, -0.25) is 4.79 Å². The highest BCUT2D eigenvalue weighted by Crippen LogP contribution is 2.37. The number of carbonyl (C=O) groups excluding carboxylic acids is 1. The van der Waals surface area contributed by atoms with Gasteiger partial charge in [0.15, 0.2) is 0 Å². The van der Waals surface area contributed by atoms with E-state index >= 15 is 0 Å². The van der Waals surface area contributed by atoms with Crippen LogP contribution in [-0.4, -0.2) is 19.1 Å². The Hall–Kier alpha value is -2.75. The van der Waals surface area contributed by atoms with Crippen molar-refractivity contribution < 1.29 is 14.3 Å². The number of hydrogen-bond donors (Lipinski definition) is 1. The highest BCUT2D eigenvalue weighted by atomic mass is 16.6. The molecular formula is C18H15NO3. The Bertz CT molecular complexity index is 780. The van der Waals surface area contributed by atoms with E-state index in [1.807, 2.05) is 18.2 Å². The van der Waals surface area contributed by atoms with Crippen molar-refractivity contribution in [3.05, 3.63) is 65.6 Å². The molecule has 0 saturated heterocycles. The van der Waals surface area contributed by atoms with E-state index in [-0.39, 0.29) is 11.7 Å². The molecule has 110 valence electrons. The number of ether oxygens (including phenoxy) is 2. The second kappa shape index (κ2) is 5.22. The summed E-state index contributed by atoms with van der Waals surface area (Å²) in [4.78, 5) is 12.1. The first kappa shape index (κ1) is 13.0. The lowest BCUT2D eigenvalue weighted by Gasteiger charge is -2.15. The van der Waals surface area contributed by atoms with Gasteiger partial charge in [-0.2, -0.15) is 0 Å². The molecule has 1 heterocycles. The van der Waals surface area contributed by atoms with Gasteiger partial charge in [0.2, 0.25) is 5.76 Å². The van der Waals surface area contributed by atoms with Crippen molar-refractivity contribution >= 4 is 11.6 Å². The largest absolute Gasteiger partial charge is 0.494 e. The Morgan fingerprint density at radius 1 is 1.00 bits per heavy atom. The Morgan fingerprint density at radius 3 is 2.73 bits per heavy atom. The molecule has 0 fully saturated rings. The number of fused-ring (bicyclic) bond motifs is 3. The van der Waals surface area contributed by atoms with Crippen molar-refractivity contribution in [3.63, 3.8) is 0 Å². The van der Waals surface area contributed by atoms with E-state index in [0.717, 1.165) is 12.1 Å². The number of amides is 1. The molecule has 4 nitrogen and oxygen atoms in total. The first-order chi connectivity index (χ1) is 10.8. The van der Waals surface area contributed by atoms with Crippen LogP contribution in [0.25, 0.3) is 11.1 Å². The summed E-state index contributed by atoms with van der Waals surface area (Å²) in [5.41, 5.74) is 5.80. The number of hydrogen-bond acceptors (Lipinski definition) is 3. The second-order valence-electron chi connectivity index (χ2n) is 5.36. The lowest BCUT2D eigenvalue weighted by Crippen LogP contribution is -2.21. The molecule has 1 aliphatic carbocycles. The van der Waals surface area contributed by atoms with Gasteiger partial charge in [-0.05, 0) is 40.8 Å². The molecule has 1 aliphatic heterocycles. The van der Waals surface area contributed by atoms with E-state index in [1.54, 1.807) is 0 Å². The maximum absolute atomic E-state index is 12.1. The SMILES string of the molecule is O=C(Nc1ccc2c(c1)-c1ccccc1C2)C1=COCCO1. The Morgan fingerprint density at radius 2 is 1.86 bits per heavy atom. The summed E-state index contributed by atoms with van der Waals surface area (Å²) >= 11 is 0. The first-order valence-corrected chi connectivity index (χ1v) is 7.28. The fourth-order valence-corrected chi connectivity index (χ4v) is 2.88. The van der Waals surface area contributed by atoms with Gasteiger partial charge in [0.05, 0.1) is 0 Å². The molecule has 4 heteroatoms. The molecule has 1 amide bonds. The highest BCUT2D eigenvalue weighted by Gasteiger charge is 2.19. The van der Waals surface area contributed by atoms with E-state index in [9.17, 15) is 4.79 Å². The molecule has 1 N–H and O–H groups in total. The highest BCUT2D eigenvalue weighted by molar-refractivity contribution is 6.02. The van der Waals surface area contributed by atoms with Crippen LogP contribution in [0.3, 0.4) is 0 Å². The summed E-state index contributed by atoms with van der Waals surface area (Å²) in [6, 6.07) is 14.4. The molecule has 0 spiro atoms. The molecule has 0 radical (unpaired) electrons. The van der Waals surface area contributed by atoms with Crippen LogP contribution in [-0.2, 0) is 20.7 Å². The second-order valence-corrected chi connectivity index (χ2v) is 5.36. The Balaban J connectivity index is 1.60. The zero-order valence-electron chi connectivity index (χ0n) is 12.0. The maximum Gasteiger partial charge on any atom is 0.294 e. The molecule has 2 aromatic rings. The minimum atomic E-state index is -0.286. The first-order valence-electron chi connectivity index (χ1n) is 7.28. The van der Waals surface area contributed by atoms with Gasteiger partial charge in [-0.25, -0.2) is 0 Å². The number of nitrogens with one attached hydrogen (secondary N) is 1. The normalized spacial score (nSPS) is 15.0. The summed E-state index contributed by atoms with van der Waals surface area (Å²) < 4.78 is 10.4. The summed E-state index contributed by atoms with van der Waals surface area (Å²) in [5, 5.41) is 2.86. The van der Waals surface area contributed by atoms with E-state index in [0.29, 0.717) is 13.2 Å². The van der Waals surface area contributed by atoms with Crippen molar-refractivity contribution in [1.29, 1.82) is 0 Å². The molecule has 0 unspecified atom stereocenters. The monoisotopic (exact) mass is 293 g/mol. The van der Waals surface area contributed by atoms with Gasteiger partial charge in [-0.1, -0.05) is 30.3 Å². The third-order valence-electron chi connectivity index (χ3n) is 3.93. The average molecular weight is 293 g/mol. The minimum Gasteiger partial charge on any atom is -0.494 e. The van der Waals surface area contributed by atoms with Crippen molar-refractivity contribution in [3.8, 4) is 11.1 Å². The summed E-state index contributed by atoms with van der Waals surface area (Å²) in [5.74, 6) is -0.0712. The number of anilines is 1. The van der Waals surface area contributed by atoms with E-state index in [1.165, 1.54) is 28.5 Å². The summed E-state index contributed by atoms with van der Waals surface area (Å²) in [6.45, 7) is 0.878. The smallest absolute Gasteiger partial charge is 0.294 e. The van der Waals surface area contributed by atoms with E-state index in [4.69, 9.17) is 9.47 Å². The van der Waals surface area contributed by atoms with Crippen LogP contribution in [0.15, 0.2) is 54.5 Å². The topological polar surface area (TPSA) is 47.6 Å². The molecule has 4 rings (SSSR count). The van der Waals surface area contributed by atoms with Gasteiger partial charge >= 0.3 is 0 Å². The molecule has 0 aromatic heterocycles. The van der Waals surface area contributed by atoms with Crippen molar-refractivity contribution in [2.75, 3.05) is 18.5 Å². The molecule has 2 aromatic carbocycles. The number of rotatable bonds is 2. The molecule has 22 heavy (non-hydrogen) atoms. The van der Waals surface area contributed by atoms with Crippen LogP contribution in [0, 0.1) is 0 Å². The quantitative estimate of drug-likeness (QED) is 0.790. The predicted molar refractivity (Wildman–Crippen MR) is 83.3 cm³/mol. The van der Waals surface area contributed by atoms with Gasteiger partial charge in [0, 0.05) is 5.69 Å². The third kappa shape index (κ3) is 2.22. The lowest BCUT2D eigenvalue weighted by atomic mass is 10.1. The molecule has 0 saturated carbocycles. The Labute approximate surface area is 128 Å². The van der Waals surface area contributed by atoms with Crippen molar-refractivity contribution in [1.82, 2.24) is 0 Å². The zero-order valence-corrected chi connectivity index (χ0v) is 12.0. The number of carbonyl (C=O) groups is 1. The molecule has 0 atom stereocenters. The van der Waals surface area contributed by atoms with Crippen LogP contribution in [0.5, 0.6) is 0 Å². The van der Waals surface area contributed by atoms with Gasteiger partial charge < -0.3 is 14.8 Å². The fraction of sp³-hybridized carbons (Fsp3) is 0.167. The lowest BCUT2D eigenvalue weighted by molar-refractivity contribution is -0.117. The summed E-state index contributed by atoms with van der Waals surface area (Å²) in [7, 11) is 0. The number of benzene rings is 2. The standard InChI is InChI=1S/C18H15NO3/c20-18(17-11-21-7-8-22-17)19-14-6-5-13-9-12-3-1-2-4-15(12)16(13)10-14/h1-6,10-11H,7-9H2,(H,19,20). The van der Waals surface area contributed by atoms with Crippen LogP contribution < -0.4 is 5.32 Å². The minimum absolute atomic E-state index is 0.215. The van der Waals surface area contributed by atoms with Crippen molar-refractivity contribution in [2.24, 2.45) is 0 Å². The zero-order chi connectivity index (χ0) is 14.9. The average Bonchev–Trinajstić information content (AvgIpc) is 2.94. The van der Waals surface area contributed by atoms with Crippen LogP contribution in [0.2, 0.25) is 0 Å². The maximum atomic E-state index is 12.1. The molecular weight excluding hydrogens is 278 g/mol. The van der Waals surface area contributed by atoms with Crippen LogP contribution in [0.1, 0.15) is 11.1 Å². The van der Waals surface area contributed by atoms with Gasteiger partial charge in [0.25, 0.3) is 5.91 Å². The predicted octanol–water partition coefficient (Wildman–Crippen LogP) is 3.08. The Kier molecular flexibility index (Phi) is 3.07. The van der Waals surface area contributed by atoms with E-state index in [2.05, 4.69) is 29.6 Å². The van der Waals surface area contributed by atoms with Gasteiger partial charge in [-0.15, -0.1) is 0 Å². The van der Waals surface area contributed by atoms with Crippen LogP contribution >= 0.6 is 0 Å². The third-order valence-corrected chi connectivity index (χ3v) is 3.93. The molecule has 2 aliphatic rings. The fourth-order valence-electron chi connectivity index (χ4n) is 2.88. The van der Waals surface area contributed by atoms with Crippen LogP contribution in [0.4, 0.5) is 5.69 Å². The van der Waals surface area contributed by atoms with E-state index < -0.39 is 0 Å². The molecule has 0 bridgehead atoms. The van der Waals surface area contributed by atoms with Crippen molar-refractivity contribution in [2.45, 2.75) is 6.42 Å². The van der Waals surface area contributed by atoms with Gasteiger partial charge in [0.1, 0.15) is 19.5 Å². The summed E-state index contributed by atoms with van der Waals surface area (Å²) in [6.07, 6.45) is 2.31.